The molecule has 2 atom stereocenters. The molecule has 1 aromatic carbocycles. The Labute approximate surface area is 141 Å². The lowest BCUT2D eigenvalue weighted by molar-refractivity contribution is -0.145. The molecule has 6 nitrogen and oxygen atoms in total. The van der Waals surface area contributed by atoms with Crippen molar-refractivity contribution in [2.75, 3.05) is 13.2 Å². The van der Waals surface area contributed by atoms with Gasteiger partial charge in [0.15, 0.2) is 0 Å². The summed E-state index contributed by atoms with van der Waals surface area (Å²) in [7, 11) is 0. The number of hydrogen-bond acceptors (Lipinski definition) is 4. The van der Waals surface area contributed by atoms with Gasteiger partial charge in [0.2, 0.25) is 0 Å². The van der Waals surface area contributed by atoms with Gasteiger partial charge in [-0.25, -0.2) is 9.79 Å². The summed E-state index contributed by atoms with van der Waals surface area (Å²) in [4.78, 5) is 28.2. The molecular weight excluding hydrogens is 308 g/mol. The van der Waals surface area contributed by atoms with Crippen LogP contribution in [-0.2, 0) is 9.53 Å². The summed E-state index contributed by atoms with van der Waals surface area (Å²) in [5.41, 5.74) is 1.16. The van der Waals surface area contributed by atoms with Gasteiger partial charge in [0, 0.05) is 11.3 Å². The van der Waals surface area contributed by atoms with Crippen molar-refractivity contribution in [3.63, 3.8) is 0 Å². The van der Waals surface area contributed by atoms with E-state index in [4.69, 9.17) is 9.47 Å². The van der Waals surface area contributed by atoms with E-state index in [0.29, 0.717) is 18.1 Å². The molecule has 2 rings (SSSR count). The van der Waals surface area contributed by atoms with Crippen molar-refractivity contribution in [3.8, 4) is 5.75 Å². The van der Waals surface area contributed by atoms with Gasteiger partial charge in [-0.05, 0) is 26.8 Å². The second-order valence-electron chi connectivity index (χ2n) is 5.33. The molecular formula is C18H22N2O4. The minimum atomic E-state index is -0.686. The van der Waals surface area contributed by atoms with E-state index < -0.39 is 24.0 Å². The van der Waals surface area contributed by atoms with Gasteiger partial charge in [0.25, 0.3) is 0 Å². The second-order valence-corrected chi connectivity index (χ2v) is 5.33. The molecule has 0 bridgehead atoms. The van der Waals surface area contributed by atoms with E-state index in [1.54, 1.807) is 19.1 Å². The van der Waals surface area contributed by atoms with Crippen LogP contribution in [0, 0.1) is 5.92 Å². The van der Waals surface area contributed by atoms with E-state index in [0.717, 1.165) is 5.56 Å². The van der Waals surface area contributed by atoms with Crippen LogP contribution in [0.5, 0.6) is 5.75 Å². The fourth-order valence-corrected chi connectivity index (χ4v) is 2.62. The standard InChI is InChI=1S/C18H22N2O4/c1-4-6-11-24-17(21)15-12(3)19-18(22)20-16(15)13-9-7-8-10-14(13)23-5-2/h4,6-10,15-16H,5,11H2,1-3H3,(H,20,22). The molecule has 1 aliphatic heterocycles. The first-order valence-corrected chi connectivity index (χ1v) is 7.93. The molecule has 0 spiro atoms. The molecule has 0 fully saturated rings. The van der Waals surface area contributed by atoms with Crippen LogP contribution in [-0.4, -0.2) is 30.9 Å². The first-order valence-electron chi connectivity index (χ1n) is 7.93. The summed E-state index contributed by atoms with van der Waals surface area (Å²) >= 11 is 0. The third-order valence-corrected chi connectivity index (χ3v) is 3.71. The molecule has 0 aromatic heterocycles. The molecule has 2 unspecified atom stereocenters. The number of nitrogens with zero attached hydrogens (tertiary/aromatic N) is 1. The van der Waals surface area contributed by atoms with Gasteiger partial charge in [0.1, 0.15) is 18.3 Å². The van der Waals surface area contributed by atoms with Gasteiger partial charge < -0.3 is 14.8 Å². The number of esters is 1. The van der Waals surface area contributed by atoms with Crippen LogP contribution in [0.15, 0.2) is 41.4 Å². The van der Waals surface area contributed by atoms with Crippen molar-refractivity contribution in [2.24, 2.45) is 10.9 Å². The number of rotatable bonds is 6. The average Bonchev–Trinajstić information content (AvgIpc) is 2.55. The number of hydrogen-bond donors (Lipinski definition) is 1. The van der Waals surface area contributed by atoms with Crippen molar-refractivity contribution in [3.05, 3.63) is 42.0 Å². The zero-order chi connectivity index (χ0) is 17.5. The molecule has 0 saturated heterocycles. The van der Waals surface area contributed by atoms with Gasteiger partial charge >= 0.3 is 12.0 Å². The number of aliphatic imine (C=N–C) groups is 1. The Morgan fingerprint density at radius 2 is 2.12 bits per heavy atom. The fourth-order valence-electron chi connectivity index (χ4n) is 2.62. The fraction of sp³-hybridized carbons (Fsp3) is 0.389. The van der Waals surface area contributed by atoms with E-state index in [1.807, 2.05) is 38.1 Å². The SMILES string of the molecule is CC=CCOC(=O)C1C(C)=NC(=O)NC1c1ccccc1OCC. The van der Waals surface area contributed by atoms with Crippen LogP contribution in [0.25, 0.3) is 0 Å². The molecule has 2 amide bonds. The maximum absolute atomic E-state index is 12.5. The van der Waals surface area contributed by atoms with Crippen molar-refractivity contribution in [1.29, 1.82) is 0 Å². The van der Waals surface area contributed by atoms with Crippen LogP contribution >= 0.6 is 0 Å². The third kappa shape index (κ3) is 4.01. The maximum atomic E-state index is 12.5. The Kier molecular flexibility index (Phi) is 6.12. The minimum absolute atomic E-state index is 0.187. The predicted molar refractivity (Wildman–Crippen MR) is 91.3 cm³/mol. The highest BCUT2D eigenvalue weighted by molar-refractivity contribution is 6.08. The highest BCUT2D eigenvalue weighted by Gasteiger charge is 2.39. The number of carbonyl (C=O) groups excluding carboxylic acids is 2. The van der Waals surface area contributed by atoms with Crippen molar-refractivity contribution in [1.82, 2.24) is 5.32 Å². The Morgan fingerprint density at radius 3 is 2.83 bits per heavy atom. The van der Waals surface area contributed by atoms with E-state index in [1.165, 1.54) is 0 Å². The van der Waals surface area contributed by atoms with E-state index in [2.05, 4.69) is 10.3 Å². The third-order valence-electron chi connectivity index (χ3n) is 3.71. The van der Waals surface area contributed by atoms with Crippen molar-refractivity contribution >= 4 is 17.7 Å². The zero-order valence-corrected chi connectivity index (χ0v) is 14.1. The van der Waals surface area contributed by atoms with Crippen LogP contribution in [0.2, 0.25) is 0 Å². The zero-order valence-electron chi connectivity index (χ0n) is 14.1. The highest BCUT2D eigenvalue weighted by Crippen LogP contribution is 2.33. The maximum Gasteiger partial charge on any atom is 0.341 e. The summed E-state index contributed by atoms with van der Waals surface area (Å²) in [6.07, 6.45) is 3.55. The van der Waals surface area contributed by atoms with Gasteiger partial charge in [-0.15, -0.1) is 0 Å². The summed E-state index contributed by atoms with van der Waals surface area (Å²) in [5.74, 6) is -0.480. The Balaban J connectivity index is 2.36. The number of nitrogens with one attached hydrogen (secondary N) is 1. The van der Waals surface area contributed by atoms with E-state index >= 15 is 0 Å². The smallest absolute Gasteiger partial charge is 0.341 e. The second kappa shape index (κ2) is 8.29. The Bertz CT molecular complexity index is 667. The Morgan fingerprint density at radius 1 is 1.38 bits per heavy atom. The molecule has 0 aliphatic carbocycles. The number of amides is 2. The molecule has 1 aromatic rings. The topological polar surface area (TPSA) is 77.0 Å². The van der Waals surface area contributed by atoms with Crippen LogP contribution in [0.3, 0.4) is 0 Å². The van der Waals surface area contributed by atoms with Gasteiger partial charge in [-0.3, -0.25) is 4.79 Å². The normalized spacial score (nSPS) is 20.5. The van der Waals surface area contributed by atoms with Gasteiger partial charge in [-0.2, -0.15) is 0 Å². The van der Waals surface area contributed by atoms with Crippen molar-refractivity contribution < 1.29 is 19.1 Å². The monoisotopic (exact) mass is 330 g/mol. The summed E-state index contributed by atoms with van der Waals surface area (Å²) in [5, 5.41) is 2.76. The van der Waals surface area contributed by atoms with Gasteiger partial charge in [-0.1, -0.05) is 30.4 Å². The van der Waals surface area contributed by atoms with Crippen LogP contribution in [0.4, 0.5) is 4.79 Å². The quantitative estimate of drug-likeness (QED) is 0.642. The molecule has 1 N–H and O–H groups in total. The van der Waals surface area contributed by atoms with Crippen LogP contribution < -0.4 is 10.1 Å². The van der Waals surface area contributed by atoms with E-state index in [9.17, 15) is 9.59 Å². The van der Waals surface area contributed by atoms with E-state index in [-0.39, 0.29) is 6.61 Å². The number of para-hydroxylation sites is 1. The number of benzene rings is 1. The number of allylic oxidation sites excluding steroid dienone is 1. The molecule has 24 heavy (non-hydrogen) atoms. The minimum Gasteiger partial charge on any atom is -0.494 e. The number of ether oxygens (including phenoxy) is 2. The average molecular weight is 330 g/mol. The van der Waals surface area contributed by atoms with Gasteiger partial charge in [0.05, 0.1) is 12.6 Å². The molecule has 0 radical (unpaired) electrons. The first kappa shape index (κ1) is 17.7. The number of urea groups is 1. The summed E-state index contributed by atoms with van der Waals surface area (Å²) in [6.45, 7) is 6.07. The van der Waals surface area contributed by atoms with Crippen LogP contribution in [0.1, 0.15) is 32.4 Å². The number of carbonyl (C=O) groups is 2. The molecule has 1 heterocycles. The molecule has 0 saturated carbocycles. The highest BCUT2D eigenvalue weighted by atomic mass is 16.5. The lowest BCUT2D eigenvalue weighted by Crippen LogP contribution is -2.44. The lowest BCUT2D eigenvalue weighted by atomic mass is 9.88. The van der Waals surface area contributed by atoms with Crippen molar-refractivity contribution in [2.45, 2.75) is 26.8 Å². The Hall–Kier alpha value is -2.63. The predicted octanol–water partition coefficient (Wildman–Crippen LogP) is 3.05. The molecule has 128 valence electrons. The first-order chi connectivity index (χ1) is 11.6. The molecule has 6 heteroatoms. The molecule has 1 aliphatic rings. The summed E-state index contributed by atoms with van der Waals surface area (Å²) in [6, 6.07) is 6.29. The largest absolute Gasteiger partial charge is 0.494 e. The summed E-state index contributed by atoms with van der Waals surface area (Å²) < 4.78 is 10.9. The lowest BCUT2D eigenvalue weighted by Gasteiger charge is -2.30.